The van der Waals surface area contributed by atoms with Gasteiger partial charge in [-0.25, -0.2) is 0 Å². The number of hydrogen-bond donors (Lipinski definition) is 1. The van der Waals surface area contributed by atoms with Crippen LogP contribution in [0.4, 0.5) is 0 Å². The maximum absolute atomic E-state index is 5.91. The van der Waals surface area contributed by atoms with Gasteiger partial charge in [0.15, 0.2) is 0 Å². The van der Waals surface area contributed by atoms with E-state index in [1.807, 2.05) is 11.3 Å². The van der Waals surface area contributed by atoms with Gasteiger partial charge in [0.05, 0.1) is 13.1 Å². The van der Waals surface area contributed by atoms with E-state index < -0.39 is 0 Å². The van der Waals surface area contributed by atoms with Crippen LogP contribution in [-0.4, -0.2) is 17.5 Å². The van der Waals surface area contributed by atoms with Crippen molar-refractivity contribution >= 4 is 11.3 Å². The van der Waals surface area contributed by atoms with Crippen molar-refractivity contribution in [3.63, 3.8) is 0 Å². The molecule has 0 spiro atoms. The summed E-state index contributed by atoms with van der Waals surface area (Å²) >= 11 is 1.82. The van der Waals surface area contributed by atoms with E-state index in [4.69, 9.17) is 4.42 Å². The molecule has 0 atom stereocenters. The topological polar surface area (TPSA) is 28.4 Å². The Morgan fingerprint density at radius 2 is 2.10 bits per heavy atom. The molecular formula is C16H22N2OS. The van der Waals surface area contributed by atoms with Gasteiger partial charge in [0.2, 0.25) is 0 Å². The monoisotopic (exact) mass is 290 g/mol. The summed E-state index contributed by atoms with van der Waals surface area (Å²) in [6, 6.07) is 9.25. The molecule has 0 aliphatic heterocycles. The molecule has 0 aromatic carbocycles. The summed E-state index contributed by atoms with van der Waals surface area (Å²) in [5.41, 5.74) is 0. The number of hydrogen-bond acceptors (Lipinski definition) is 4. The Bertz CT molecular complexity index is 516. The van der Waals surface area contributed by atoms with Crippen molar-refractivity contribution in [2.45, 2.75) is 45.4 Å². The van der Waals surface area contributed by atoms with E-state index in [1.165, 1.54) is 17.7 Å². The van der Waals surface area contributed by atoms with Gasteiger partial charge in [-0.15, -0.1) is 11.3 Å². The highest BCUT2D eigenvalue weighted by atomic mass is 32.1. The van der Waals surface area contributed by atoms with E-state index in [-0.39, 0.29) is 0 Å². The molecule has 1 fully saturated rings. The third-order valence-electron chi connectivity index (χ3n) is 3.65. The minimum atomic E-state index is 0.731. The van der Waals surface area contributed by atoms with E-state index in [9.17, 15) is 0 Å². The molecule has 3 nitrogen and oxygen atoms in total. The van der Waals surface area contributed by atoms with Gasteiger partial charge in [0.25, 0.3) is 0 Å². The molecule has 4 heteroatoms. The molecular weight excluding hydrogens is 268 g/mol. The summed E-state index contributed by atoms with van der Waals surface area (Å²) < 4.78 is 5.91. The van der Waals surface area contributed by atoms with Crippen LogP contribution in [0.5, 0.6) is 0 Å². The van der Waals surface area contributed by atoms with Crippen LogP contribution in [0.3, 0.4) is 0 Å². The second-order valence-corrected chi connectivity index (χ2v) is 6.44. The third kappa shape index (κ3) is 3.95. The van der Waals surface area contributed by atoms with Crippen molar-refractivity contribution in [1.29, 1.82) is 0 Å². The van der Waals surface area contributed by atoms with Crippen LogP contribution in [0.2, 0.25) is 0 Å². The molecule has 108 valence electrons. The van der Waals surface area contributed by atoms with E-state index in [1.54, 1.807) is 0 Å². The average molecular weight is 290 g/mol. The number of thiophene rings is 1. The first kappa shape index (κ1) is 13.9. The quantitative estimate of drug-likeness (QED) is 0.805. The maximum atomic E-state index is 5.91. The fourth-order valence-corrected chi connectivity index (χ4v) is 3.00. The standard InChI is InChI=1S/C16H22N2OS/c1-2-18(12-16-4-3-9-20-16)11-15-8-7-14(19-15)10-17-13-5-6-13/h3-4,7-9,13,17H,2,5-6,10-12H2,1H3. The maximum Gasteiger partial charge on any atom is 0.118 e. The molecule has 3 rings (SSSR count). The molecule has 2 heterocycles. The highest BCUT2D eigenvalue weighted by Crippen LogP contribution is 2.20. The zero-order valence-corrected chi connectivity index (χ0v) is 12.8. The SMILES string of the molecule is CCN(Cc1ccc(CNC2CC2)o1)Cc1cccs1. The van der Waals surface area contributed by atoms with Crippen molar-refractivity contribution in [3.05, 3.63) is 46.0 Å². The number of furan rings is 1. The molecule has 20 heavy (non-hydrogen) atoms. The number of nitrogens with one attached hydrogen (secondary N) is 1. The van der Waals surface area contributed by atoms with Crippen LogP contribution in [0.15, 0.2) is 34.1 Å². The predicted octanol–water partition coefficient (Wildman–Crippen LogP) is 3.62. The average Bonchev–Trinajstić information content (AvgIpc) is 2.96. The summed E-state index contributed by atoms with van der Waals surface area (Å²) in [4.78, 5) is 3.82. The van der Waals surface area contributed by atoms with Crippen LogP contribution in [0.25, 0.3) is 0 Å². The van der Waals surface area contributed by atoms with Gasteiger partial charge < -0.3 is 9.73 Å². The van der Waals surface area contributed by atoms with Gasteiger partial charge in [0, 0.05) is 17.5 Å². The Morgan fingerprint density at radius 1 is 1.25 bits per heavy atom. The van der Waals surface area contributed by atoms with Crippen molar-refractivity contribution in [3.8, 4) is 0 Å². The Balaban J connectivity index is 1.52. The Labute approximate surface area is 124 Å². The van der Waals surface area contributed by atoms with E-state index in [0.29, 0.717) is 0 Å². The molecule has 2 aromatic rings. The largest absolute Gasteiger partial charge is 0.463 e. The fourth-order valence-electron chi connectivity index (χ4n) is 2.26. The third-order valence-corrected chi connectivity index (χ3v) is 4.51. The molecule has 0 unspecified atom stereocenters. The van der Waals surface area contributed by atoms with E-state index >= 15 is 0 Å². The van der Waals surface area contributed by atoms with Crippen LogP contribution in [0.1, 0.15) is 36.2 Å². The van der Waals surface area contributed by atoms with Gasteiger partial charge >= 0.3 is 0 Å². The van der Waals surface area contributed by atoms with E-state index in [2.05, 4.69) is 46.8 Å². The zero-order chi connectivity index (χ0) is 13.8. The molecule has 0 amide bonds. The highest BCUT2D eigenvalue weighted by molar-refractivity contribution is 7.09. The molecule has 0 bridgehead atoms. The summed E-state index contributed by atoms with van der Waals surface area (Å²) in [6.45, 7) is 5.99. The van der Waals surface area contributed by atoms with Crippen molar-refractivity contribution in [1.82, 2.24) is 10.2 Å². The van der Waals surface area contributed by atoms with Crippen molar-refractivity contribution in [2.75, 3.05) is 6.54 Å². The first-order valence-electron chi connectivity index (χ1n) is 7.39. The van der Waals surface area contributed by atoms with Gasteiger partial charge in [-0.05, 0) is 43.0 Å². The summed E-state index contributed by atoms with van der Waals surface area (Å²) in [5, 5.41) is 5.62. The lowest BCUT2D eigenvalue weighted by atomic mass is 10.3. The second kappa shape index (κ2) is 6.57. The molecule has 1 N–H and O–H groups in total. The van der Waals surface area contributed by atoms with Gasteiger partial charge in [-0.2, -0.15) is 0 Å². The number of nitrogens with zero attached hydrogens (tertiary/aromatic N) is 1. The van der Waals surface area contributed by atoms with Gasteiger partial charge in [-0.1, -0.05) is 13.0 Å². The summed E-state index contributed by atoms with van der Waals surface area (Å²) in [5.74, 6) is 2.12. The first-order chi connectivity index (χ1) is 9.83. The van der Waals surface area contributed by atoms with Gasteiger partial charge in [-0.3, -0.25) is 4.90 Å². The Kier molecular flexibility index (Phi) is 4.55. The summed E-state index contributed by atoms with van der Waals surface area (Å²) in [7, 11) is 0. The number of rotatable bonds is 8. The zero-order valence-electron chi connectivity index (χ0n) is 12.0. The Hall–Kier alpha value is -1.10. The Morgan fingerprint density at radius 3 is 2.80 bits per heavy atom. The molecule has 0 radical (unpaired) electrons. The van der Waals surface area contributed by atoms with Gasteiger partial charge in [0.1, 0.15) is 11.5 Å². The molecule has 1 aliphatic rings. The fraction of sp³-hybridized carbons (Fsp3) is 0.500. The summed E-state index contributed by atoms with van der Waals surface area (Å²) in [6.07, 6.45) is 2.63. The van der Waals surface area contributed by atoms with Crippen LogP contribution in [0, 0.1) is 0 Å². The molecule has 0 saturated heterocycles. The van der Waals surface area contributed by atoms with E-state index in [0.717, 1.165) is 43.7 Å². The minimum absolute atomic E-state index is 0.731. The lowest BCUT2D eigenvalue weighted by Crippen LogP contribution is -2.21. The van der Waals surface area contributed by atoms with Crippen LogP contribution >= 0.6 is 11.3 Å². The second-order valence-electron chi connectivity index (χ2n) is 5.41. The van der Waals surface area contributed by atoms with Crippen molar-refractivity contribution in [2.24, 2.45) is 0 Å². The van der Waals surface area contributed by atoms with Crippen molar-refractivity contribution < 1.29 is 4.42 Å². The normalized spacial score (nSPS) is 15.1. The minimum Gasteiger partial charge on any atom is -0.463 e. The molecule has 1 aliphatic carbocycles. The molecule has 2 aromatic heterocycles. The predicted molar refractivity (Wildman–Crippen MR) is 82.7 cm³/mol. The molecule has 1 saturated carbocycles. The smallest absolute Gasteiger partial charge is 0.118 e. The van der Waals surface area contributed by atoms with Crippen LogP contribution < -0.4 is 5.32 Å². The first-order valence-corrected chi connectivity index (χ1v) is 8.27. The highest BCUT2D eigenvalue weighted by Gasteiger charge is 2.20. The lowest BCUT2D eigenvalue weighted by Gasteiger charge is -2.18. The van der Waals surface area contributed by atoms with Crippen LogP contribution in [-0.2, 0) is 19.6 Å². The lowest BCUT2D eigenvalue weighted by molar-refractivity contribution is 0.246.